The quantitative estimate of drug-likeness (QED) is 0.190. The molecule has 0 bridgehead atoms. The third-order valence-corrected chi connectivity index (χ3v) is 8.36. The molecule has 4 aromatic carbocycles. The summed E-state index contributed by atoms with van der Waals surface area (Å²) < 4.78 is 37.8. The zero-order valence-electron chi connectivity index (χ0n) is 23.4. The van der Waals surface area contributed by atoms with Crippen molar-refractivity contribution in [3.8, 4) is 11.5 Å². The molecule has 0 aliphatic carbocycles. The Hall–Kier alpha value is -4.63. The number of carbonyl (C=O) groups excluding carboxylic acids is 1. The number of hydrogen-bond acceptors (Lipinski definition) is 6. The summed E-state index contributed by atoms with van der Waals surface area (Å²) in [5.74, 6) is -0.363. The minimum atomic E-state index is -3.82. The molecular formula is C33H33NO7S. The van der Waals surface area contributed by atoms with E-state index in [4.69, 9.17) is 14.6 Å². The minimum absolute atomic E-state index is 0.0641. The van der Waals surface area contributed by atoms with E-state index in [1.54, 1.807) is 24.3 Å². The number of hydrogen-bond donors (Lipinski definition) is 2. The number of carboxylic acids is 1. The number of carboxylic acid groups (broad SMARTS) is 1. The van der Waals surface area contributed by atoms with Crippen molar-refractivity contribution in [2.75, 3.05) is 6.54 Å². The first-order valence-electron chi connectivity index (χ1n) is 13.5. The van der Waals surface area contributed by atoms with E-state index in [1.165, 1.54) is 54.1 Å². The second-order valence-electron chi connectivity index (χ2n) is 10.4. The molecule has 0 atom stereocenters. The average molecular weight is 588 g/mol. The van der Waals surface area contributed by atoms with Crippen LogP contribution in [0.15, 0.2) is 113 Å². The Kier molecular flexibility index (Phi) is 9.64. The van der Waals surface area contributed by atoms with Crippen molar-refractivity contribution in [2.45, 2.75) is 48.5 Å². The fourth-order valence-electron chi connectivity index (χ4n) is 4.21. The van der Waals surface area contributed by atoms with Crippen LogP contribution in [-0.4, -0.2) is 37.7 Å². The Labute approximate surface area is 245 Å². The number of amides is 1. The summed E-state index contributed by atoms with van der Waals surface area (Å²) in [6.45, 7) is 4.11. The number of aromatic carboxylic acids is 1. The van der Waals surface area contributed by atoms with Gasteiger partial charge in [-0.15, -0.1) is 0 Å². The smallest absolute Gasteiger partial charge is 0.407 e. The second kappa shape index (κ2) is 13.4. The van der Waals surface area contributed by atoms with E-state index < -0.39 is 27.5 Å². The predicted octanol–water partition coefficient (Wildman–Crippen LogP) is 6.69. The molecule has 0 unspecified atom stereocenters. The van der Waals surface area contributed by atoms with Gasteiger partial charge in [0, 0.05) is 6.54 Å². The molecule has 4 aromatic rings. The van der Waals surface area contributed by atoms with Gasteiger partial charge < -0.3 is 19.9 Å². The van der Waals surface area contributed by atoms with Gasteiger partial charge in [0.05, 0.1) is 15.4 Å². The molecular weight excluding hydrogens is 554 g/mol. The number of benzene rings is 4. The Morgan fingerprint density at radius 1 is 0.762 bits per heavy atom. The maximum atomic E-state index is 13.3. The summed E-state index contributed by atoms with van der Waals surface area (Å²) in [4.78, 5) is 23.6. The van der Waals surface area contributed by atoms with Crippen molar-refractivity contribution in [1.29, 1.82) is 0 Å². The van der Waals surface area contributed by atoms with Gasteiger partial charge in [0.2, 0.25) is 9.84 Å². The van der Waals surface area contributed by atoms with Crippen LogP contribution in [-0.2, 0) is 27.4 Å². The molecule has 0 saturated carbocycles. The average Bonchev–Trinajstić information content (AvgIpc) is 2.97. The number of nitrogens with one attached hydrogen (secondary N) is 1. The van der Waals surface area contributed by atoms with Gasteiger partial charge >= 0.3 is 12.1 Å². The molecule has 0 aliphatic rings. The monoisotopic (exact) mass is 587 g/mol. The lowest BCUT2D eigenvalue weighted by Gasteiger charge is -2.25. The van der Waals surface area contributed by atoms with Crippen LogP contribution < -0.4 is 10.1 Å². The zero-order chi connectivity index (χ0) is 30.2. The molecule has 8 nitrogen and oxygen atoms in total. The van der Waals surface area contributed by atoms with Crippen molar-refractivity contribution in [3.05, 3.63) is 120 Å². The highest BCUT2D eigenvalue weighted by Gasteiger charge is 2.23. The Morgan fingerprint density at radius 2 is 1.43 bits per heavy atom. The lowest BCUT2D eigenvalue weighted by atomic mass is 9.99. The molecule has 0 heterocycles. The first kappa shape index (κ1) is 30.3. The maximum absolute atomic E-state index is 13.3. The van der Waals surface area contributed by atoms with E-state index in [0.717, 1.165) is 12.0 Å². The number of alkyl carbamates (subject to hydrolysis) is 1. The molecule has 218 valence electrons. The maximum Gasteiger partial charge on any atom is 0.407 e. The number of carbonyl (C=O) groups is 2. The molecule has 0 fully saturated rings. The highest BCUT2D eigenvalue weighted by atomic mass is 32.2. The number of ether oxygens (including phenoxy) is 2. The van der Waals surface area contributed by atoms with Crippen LogP contribution in [0.3, 0.4) is 0 Å². The second-order valence-corrected chi connectivity index (χ2v) is 12.3. The molecule has 0 aliphatic heterocycles. The summed E-state index contributed by atoms with van der Waals surface area (Å²) in [5, 5.41) is 11.8. The normalized spacial score (nSPS) is 11.5. The van der Waals surface area contributed by atoms with Crippen LogP contribution in [0.25, 0.3) is 0 Å². The van der Waals surface area contributed by atoms with Gasteiger partial charge in [0.15, 0.2) is 0 Å². The van der Waals surface area contributed by atoms with Crippen LogP contribution in [0.2, 0.25) is 0 Å². The molecule has 4 rings (SSSR count). The largest absolute Gasteiger partial charge is 0.478 e. The summed E-state index contributed by atoms with van der Waals surface area (Å²) in [6, 6.07) is 28.5. The van der Waals surface area contributed by atoms with Crippen molar-refractivity contribution in [1.82, 2.24) is 5.32 Å². The fraction of sp³-hybridized carbons (Fsp3) is 0.212. The molecule has 0 saturated heterocycles. The summed E-state index contributed by atoms with van der Waals surface area (Å²) in [5.41, 5.74) is 1.55. The third kappa shape index (κ3) is 8.44. The number of rotatable bonds is 12. The van der Waals surface area contributed by atoms with Crippen molar-refractivity contribution in [3.63, 3.8) is 0 Å². The first-order valence-corrected chi connectivity index (χ1v) is 15.0. The topological polar surface area (TPSA) is 119 Å². The van der Waals surface area contributed by atoms with E-state index in [9.17, 15) is 18.0 Å². The third-order valence-electron chi connectivity index (χ3n) is 6.60. The van der Waals surface area contributed by atoms with Crippen molar-refractivity contribution < 1.29 is 32.6 Å². The van der Waals surface area contributed by atoms with Crippen LogP contribution >= 0.6 is 0 Å². The molecule has 2 N–H and O–H groups in total. The zero-order valence-corrected chi connectivity index (χ0v) is 24.3. The van der Waals surface area contributed by atoms with E-state index in [1.807, 2.05) is 44.2 Å². The van der Waals surface area contributed by atoms with Crippen LogP contribution in [0, 0.1) is 0 Å². The molecule has 9 heteroatoms. The van der Waals surface area contributed by atoms with Crippen LogP contribution in [0.1, 0.15) is 41.8 Å². The fourth-order valence-corrected chi connectivity index (χ4v) is 5.51. The highest BCUT2D eigenvalue weighted by Crippen LogP contribution is 2.28. The Balaban J connectivity index is 1.29. The predicted molar refractivity (Wildman–Crippen MR) is 159 cm³/mol. The first-order chi connectivity index (χ1) is 20.0. The van der Waals surface area contributed by atoms with E-state index in [-0.39, 0.29) is 15.4 Å². The standard InChI is InChI=1S/C33H33NO7S/c1-33(2,21-19-24-7-4-3-5-8-24)41-32(37)34-22-20-25-11-17-29(18-12-25)42(38,39)30-10-6-9-28(23-30)40-27-15-13-26(14-16-27)31(35)36/h3-18,23H,19-22H2,1-2H3,(H,34,37)(H,35,36). The van der Waals surface area contributed by atoms with Gasteiger partial charge in [-0.05, 0) is 98.8 Å². The SMILES string of the molecule is CC(C)(CCc1ccccc1)OC(=O)NCCc1ccc(S(=O)(=O)c2cccc(Oc3ccc(C(=O)O)cc3)c2)cc1. The van der Waals surface area contributed by atoms with Gasteiger partial charge in [0.1, 0.15) is 17.1 Å². The van der Waals surface area contributed by atoms with Gasteiger partial charge in [-0.3, -0.25) is 0 Å². The molecule has 1 amide bonds. The Bertz CT molecular complexity index is 1620. The minimum Gasteiger partial charge on any atom is -0.478 e. The van der Waals surface area contributed by atoms with Crippen molar-refractivity contribution in [2.24, 2.45) is 0 Å². The summed E-state index contributed by atoms with van der Waals surface area (Å²) >= 11 is 0. The van der Waals surface area contributed by atoms with Crippen molar-refractivity contribution >= 4 is 21.9 Å². The van der Waals surface area contributed by atoms with Gasteiger partial charge in [-0.2, -0.15) is 0 Å². The van der Waals surface area contributed by atoms with Gasteiger partial charge in [0.25, 0.3) is 0 Å². The Morgan fingerprint density at radius 3 is 2.10 bits per heavy atom. The summed E-state index contributed by atoms with van der Waals surface area (Å²) in [7, 11) is -3.82. The van der Waals surface area contributed by atoms with E-state index >= 15 is 0 Å². The number of aryl methyl sites for hydroxylation is 1. The lowest BCUT2D eigenvalue weighted by molar-refractivity contribution is 0.0331. The van der Waals surface area contributed by atoms with Crippen LogP contribution in [0.4, 0.5) is 4.79 Å². The lowest BCUT2D eigenvalue weighted by Crippen LogP contribution is -2.35. The van der Waals surface area contributed by atoms with Gasteiger partial charge in [-0.25, -0.2) is 18.0 Å². The van der Waals surface area contributed by atoms with E-state index in [2.05, 4.69) is 5.32 Å². The molecule has 0 aromatic heterocycles. The van der Waals surface area contributed by atoms with E-state index in [0.29, 0.717) is 30.9 Å². The molecule has 0 radical (unpaired) electrons. The summed E-state index contributed by atoms with van der Waals surface area (Å²) in [6.07, 6.45) is 1.50. The number of sulfone groups is 1. The molecule has 0 spiro atoms. The van der Waals surface area contributed by atoms with Crippen LogP contribution in [0.5, 0.6) is 11.5 Å². The van der Waals surface area contributed by atoms with Gasteiger partial charge in [-0.1, -0.05) is 48.5 Å². The molecule has 42 heavy (non-hydrogen) atoms. The highest BCUT2D eigenvalue weighted by molar-refractivity contribution is 7.91.